The molecule has 0 amide bonds. The molecular weight excluding hydrogens is 188 g/mol. The summed E-state index contributed by atoms with van der Waals surface area (Å²) >= 11 is 0. The van der Waals surface area contributed by atoms with Gasteiger partial charge in [-0.15, -0.1) is 0 Å². The van der Waals surface area contributed by atoms with Crippen LogP contribution in [0.3, 0.4) is 0 Å². The zero-order valence-corrected chi connectivity index (χ0v) is 7.88. The molecule has 0 unspecified atom stereocenters. The first-order valence-electron chi connectivity index (χ1n) is 4.46. The minimum Gasteiger partial charge on any atom is -0.508 e. The second-order valence-corrected chi connectivity index (χ2v) is 3.06. The van der Waals surface area contributed by atoms with Gasteiger partial charge in [-0.05, 0) is 36.4 Å². The first-order chi connectivity index (χ1) is 7.31. The molecule has 1 heterocycles. The van der Waals surface area contributed by atoms with Crippen LogP contribution in [0.4, 0.5) is 0 Å². The Kier molecular flexibility index (Phi) is 2.34. The van der Waals surface area contributed by atoms with Crippen LogP contribution in [-0.2, 0) is 0 Å². The van der Waals surface area contributed by atoms with E-state index in [-0.39, 0.29) is 5.75 Å². The monoisotopic (exact) mass is 196 g/mol. The van der Waals surface area contributed by atoms with E-state index in [1.54, 1.807) is 42.6 Å². The maximum atomic E-state index is 9.14. The van der Waals surface area contributed by atoms with Crippen LogP contribution in [0.15, 0.2) is 42.6 Å². The number of hydrogen-bond donors (Lipinski definition) is 1. The summed E-state index contributed by atoms with van der Waals surface area (Å²) in [5.74, 6) is 0.202. The van der Waals surface area contributed by atoms with Crippen LogP contribution in [-0.4, -0.2) is 10.1 Å². The Hall–Kier alpha value is -2.34. The minimum absolute atomic E-state index is 0.202. The fourth-order valence-corrected chi connectivity index (χ4v) is 1.34. The highest BCUT2D eigenvalue weighted by atomic mass is 16.3. The summed E-state index contributed by atoms with van der Waals surface area (Å²) < 4.78 is 0. The average Bonchev–Trinajstić information content (AvgIpc) is 2.30. The normalized spacial score (nSPS) is 9.53. The van der Waals surface area contributed by atoms with Crippen molar-refractivity contribution < 1.29 is 5.11 Å². The van der Waals surface area contributed by atoms with Crippen LogP contribution in [0.2, 0.25) is 0 Å². The van der Waals surface area contributed by atoms with Crippen LogP contribution in [0.5, 0.6) is 5.75 Å². The Morgan fingerprint density at radius 1 is 1.13 bits per heavy atom. The van der Waals surface area contributed by atoms with Crippen molar-refractivity contribution in [1.29, 1.82) is 5.26 Å². The summed E-state index contributed by atoms with van der Waals surface area (Å²) in [5.41, 5.74) is 1.99. The fourth-order valence-electron chi connectivity index (χ4n) is 1.34. The summed E-state index contributed by atoms with van der Waals surface area (Å²) in [7, 11) is 0. The molecule has 1 aromatic heterocycles. The molecule has 0 radical (unpaired) electrons. The van der Waals surface area contributed by atoms with E-state index in [4.69, 9.17) is 10.4 Å². The summed E-state index contributed by atoms with van der Waals surface area (Å²) in [6.45, 7) is 0. The average molecular weight is 196 g/mol. The molecule has 2 aromatic rings. The predicted molar refractivity (Wildman–Crippen MR) is 56.1 cm³/mol. The van der Waals surface area contributed by atoms with Crippen molar-refractivity contribution in [2.45, 2.75) is 0 Å². The van der Waals surface area contributed by atoms with E-state index in [0.717, 1.165) is 5.56 Å². The third kappa shape index (κ3) is 1.79. The fraction of sp³-hybridized carbons (Fsp3) is 0. The number of benzene rings is 1. The van der Waals surface area contributed by atoms with Crippen molar-refractivity contribution in [2.24, 2.45) is 0 Å². The van der Waals surface area contributed by atoms with E-state index in [0.29, 0.717) is 11.3 Å². The Morgan fingerprint density at radius 3 is 2.53 bits per heavy atom. The van der Waals surface area contributed by atoms with Crippen molar-refractivity contribution in [2.75, 3.05) is 0 Å². The molecule has 15 heavy (non-hydrogen) atoms. The van der Waals surface area contributed by atoms with Crippen LogP contribution in [0.1, 0.15) is 5.56 Å². The lowest BCUT2D eigenvalue weighted by molar-refractivity contribution is 0.475. The zero-order valence-electron chi connectivity index (χ0n) is 7.88. The number of pyridine rings is 1. The minimum atomic E-state index is 0.202. The molecule has 0 saturated carbocycles. The van der Waals surface area contributed by atoms with E-state index in [1.807, 2.05) is 0 Å². The smallest absolute Gasteiger partial charge is 0.115 e. The summed E-state index contributed by atoms with van der Waals surface area (Å²) in [5, 5.41) is 18.0. The van der Waals surface area contributed by atoms with Gasteiger partial charge in [-0.25, -0.2) is 0 Å². The second kappa shape index (κ2) is 3.81. The lowest BCUT2D eigenvalue weighted by atomic mass is 10.1. The number of rotatable bonds is 1. The van der Waals surface area contributed by atoms with Gasteiger partial charge in [-0.2, -0.15) is 5.26 Å². The van der Waals surface area contributed by atoms with Crippen molar-refractivity contribution in [3.05, 3.63) is 48.2 Å². The van der Waals surface area contributed by atoms with Gasteiger partial charge in [0.2, 0.25) is 0 Å². The van der Waals surface area contributed by atoms with Crippen LogP contribution in [0, 0.1) is 11.3 Å². The van der Waals surface area contributed by atoms with E-state index < -0.39 is 0 Å². The van der Waals surface area contributed by atoms with Gasteiger partial charge in [0.25, 0.3) is 0 Å². The molecule has 0 spiro atoms. The number of nitriles is 1. The largest absolute Gasteiger partial charge is 0.508 e. The maximum Gasteiger partial charge on any atom is 0.115 e. The topological polar surface area (TPSA) is 56.9 Å². The van der Waals surface area contributed by atoms with Crippen LogP contribution in [0.25, 0.3) is 11.3 Å². The molecule has 0 aliphatic heterocycles. The number of aromatic nitrogens is 1. The SMILES string of the molecule is N#Cc1cccnc1-c1ccc(O)cc1. The number of aromatic hydroxyl groups is 1. The van der Waals surface area contributed by atoms with Crippen molar-refractivity contribution in [3.63, 3.8) is 0 Å². The van der Waals surface area contributed by atoms with E-state index in [9.17, 15) is 0 Å². The van der Waals surface area contributed by atoms with Gasteiger partial charge < -0.3 is 5.11 Å². The van der Waals surface area contributed by atoms with Crippen LogP contribution < -0.4 is 0 Å². The molecule has 0 bridgehead atoms. The molecule has 3 nitrogen and oxygen atoms in total. The molecular formula is C12H8N2O. The Labute approximate surface area is 87.3 Å². The van der Waals surface area contributed by atoms with Gasteiger partial charge in [0, 0.05) is 11.8 Å². The van der Waals surface area contributed by atoms with Crippen molar-refractivity contribution in [1.82, 2.24) is 4.98 Å². The molecule has 0 atom stereocenters. The van der Waals surface area contributed by atoms with Gasteiger partial charge in [0.1, 0.15) is 11.8 Å². The molecule has 0 aliphatic rings. The molecule has 3 heteroatoms. The maximum absolute atomic E-state index is 9.14. The van der Waals surface area contributed by atoms with Crippen molar-refractivity contribution >= 4 is 0 Å². The van der Waals surface area contributed by atoms with Crippen LogP contribution >= 0.6 is 0 Å². The second-order valence-electron chi connectivity index (χ2n) is 3.06. The Morgan fingerprint density at radius 2 is 1.87 bits per heavy atom. The van der Waals surface area contributed by atoms with Gasteiger partial charge in [0.05, 0.1) is 11.3 Å². The number of hydrogen-bond acceptors (Lipinski definition) is 3. The summed E-state index contributed by atoms with van der Waals surface area (Å²) in [4.78, 5) is 4.15. The molecule has 2 rings (SSSR count). The van der Waals surface area contributed by atoms with Gasteiger partial charge in [-0.1, -0.05) is 0 Å². The third-order valence-corrected chi connectivity index (χ3v) is 2.07. The standard InChI is InChI=1S/C12H8N2O/c13-8-10-2-1-7-14-12(10)9-3-5-11(15)6-4-9/h1-7,15H. The van der Waals surface area contributed by atoms with Crippen molar-refractivity contribution in [3.8, 4) is 23.1 Å². The van der Waals surface area contributed by atoms with E-state index in [2.05, 4.69) is 11.1 Å². The third-order valence-electron chi connectivity index (χ3n) is 2.07. The highest BCUT2D eigenvalue weighted by Gasteiger charge is 2.04. The predicted octanol–water partition coefficient (Wildman–Crippen LogP) is 2.33. The van der Waals surface area contributed by atoms with Gasteiger partial charge >= 0.3 is 0 Å². The molecule has 72 valence electrons. The lowest BCUT2D eigenvalue weighted by Crippen LogP contribution is -1.87. The number of nitrogens with zero attached hydrogens (tertiary/aromatic N) is 2. The van der Waals surface area contributed by atoms with E-state index >= 15 is 0 Å². The number of phenols is 1. The first kappa shape index (κ1) is 9.22. The molecule has 0 saturated heterocycles. The zero-order chi connectivity index (χ0) is 10.7. The molecule has 1 aromatic carbocycles. The van der Waals surface area contributed by atoms with Gasteiger partial charge in [0.15, 0.2) is 0 Å². The molecule has 1 N–H and O–H groups in total. The van der Waals surface area contributed by atoms with E-state index in [1.165, 1.54) is 0 Å². The lowest BCUT2D eigenvalue weighted by Gasteiger charge is -2.02. The molecule has 0 fully saturated rings. The highest BCUT2D eigenvalue weighted by Crippen LogP contribution is 2.22. The quantitative estimate of drug-likeness (QED) is 0.761. The Balaban J connectivity index is 2.55. The van der Waals surface area contributed by atoms with Gasteiger partial charge in [-0.3, -0.25) is 4.98 Å². The molecule has 0 aliphatic carbocycles. The summed E-state index contributed by atoms with van der Waals surface area (Å²) in [6.07, 6.45) is 1.64. The highest BCUT2D eigenvalue weighted by molar-refractivity contribution is 5.66. The summed E-state index contributed by atoms with van der Waals surface area (Å²) in [6, 6.07) is 12.1. The Bertz CT molecular complexity index is 512. The first-order valence-corrected chi connectivity index (χ1v) is 4.46. The number of phenolic OH excluding ortho intramolecular Hbond substituents is 1.